The monoisotopic (exact) mass is 252 g/mol. The Balaban J connectivity index is 1.80. The van der Waals surface area contributed by atoms with Crippen LogP contribution in [0, 0.1) is 0 Å². The molecule has 100 valence electrons. The SMILES string of the molecule is COc1ccc(CNCC2(OC)CCOC2)cn1. The predicted molar refractivity (Wildman–Crippen MR) is 67.7 cm³/mol. The van der Waals surface area contributed by atoms with E-state index in [1.54, 1.807) is 14.2 Å². The van der Waals surface area contributed by atoms with Crippen LogP contribution in [0.5, 0.6) is 5.88 Å². The summed E-state index contributed by atoms with van der Waals surface area (Å²) < 4.78 is 16.0. The summed E-state index contributed by atoms with van der Waals surface area (Å²) >= 11 is 0. The van der Waals surface area contributed by atoms with E-state index in [0.29, 0.717) is 12.5 Å². The van der Waals surface area contributed by atoms with Crippen LogP contribution in [0.2, 0.25) is 0 Å². The average molecular weight is 252 g/mol. The summed E-state index contributed by atoms with van der Waals surface area (Å²) in [6, 6.07) is 3.87. The lowest BCUT2D eigenvalue weighted by Gasteiger charge is -2.26. The molecule has 1 saturated heterocycles. The number of aromatic nitrogens is 1. The second-order valence-corrected chi connectivity index (χ2v) is 4.50. The van der Waals surface area contributed by atoms with Gasteiger partial charge in [-0.3, -0.25) is 0 Å². The fraction of sp³-hybridized carbons (Fsp3) is 0.615. The third-order valence-corrected chi connectivity index (χ3v) is 3.28. The zero-order valence-corrected chi connectivity index (χ0v) is 10.9. The van der Waals surface area contributed by atoms with Gasteiger partial charge in [-0.05, 0) is 5.56 Å². The van der Waals surface area contributed by atoms with E-state index in [4.69, 9.17) is 14.2 Å². The van der Waals surface area contributed by atoms with E-state index < -0.39 is 0 Å². The minimum Gasteiger partial charge on any atom is -0.481 e. The molecule has 1 aromatic rings. The molecule has 1 N–H and O–H groups in total. The van der Waals surface area contributed by atoms with Crippen molar-refractivity contribution in [3.8, 4) is 5.88 Å². The molecule has 0 spiro atoms. The van der Waals surface area contributed by atoms with Crippen molar-refractivity contribution in [1.29, 1.82) is 0 Å². The molecule has 18 heavy (non-hydrogen) atoms. The topological polar surface area (TPSA) is 52.6 Å². The number of nitrogens with one attached hydrogen (secondary N) is 1. The Morgan fingerprint density at radius 1 is 1.44 bits per heavy atom. The lowest BCUT2D eigenvalue weighted by molar-refractivity contribution is -0.0159. The van der Waals surface area contributed by atoms with Crippen molar-refractivity contribution in [1.82, 2.24) is 10.3 Å². The van der Waals surface area contributed by atoms with Crippen LogP contribution >= 0.6 is 0 Å². The van der Waals surface area contributed by atoms with Gasteiger partial charge in [0.1, 0.15) is 5.60 Å². The molecular formula is C13H20N2O3. The van der Waals surface area contributed by atoms with Gasteiger partial charge >= 0.3 is 0 Å². The second kappa shape index (κ2) is 6.13. The van der Waals surface area contributed by atoms with E-state index in [1.807, 2.05) is 18.3 Å². The summed E-state index contributed by atoms with van der Waals surface area (Å²) in [6.45, 7) is 2.99. The second-order valence-electron chi connectivity index (χ2n) is 4.50. The first kappa shape index (κ1) is 13.3. The maximum absolute atomic E-state index is 5.55. The van der Waals surface area contributed by atoms with Gasteiger partial charge in [-0.15, -0.1) is 0 Å². The molecule has 5 heteroatoms. The Morgan fingerprint density at radius 3 is 2.89 bits per heavy atom. The normalized spacial score (nSPS) is 23.2. The number of nitrogens with zero attached hydrogens (tertiary/aromatic N) is 1. The fourth-order valence-corrected chi connectivity index (χ4v) is 2.03. The van der Waals surface area contributed by atoms with Gasteiger partial charge in [-0.1, -0.05) is 6.07 Å². The standard InChI is InChI=1S/C13H20N2O3/c1-16-12-4-3-11(8-15-12)7-14-9-13(17-2)5-6-18-10-13/h3-4,8,14H,5-7,9-10H2,1-2H3. The van der Waals surface area contributed by atoms with Crippen LogP contribution in [-0.4, -0.2) is 44.6 Å². The summed E-state index contributed by atoms with van der Waals surface area (Å²) in [4.78, 5) is 4.17. The van der Waals surface area contributed by atoms with E-state index in [0.717, 1.165) is 31.7 Å². The largest absolute Gasteiger partial charge is 0.481 e. The van der Waals surface area contributed by atoms with Crippen LogP contribution in [0.3, 0.4) is 0 Å². The van der Waals surface area contributed by atoms with Crippen molar-refractivity contribution in [2.45, 2.75) is 18.6 Å². The summed E-state index contributed by atoms with van der Waals surface area (Å²) in [6.07, 6.45) is 2.76. The summed E-state index contributed by atoms with van der Waals surface area (Å²) in [5.41, 5.74) is 0.959. The first-order chi connectivity index (χ1) is 8.78. The molecule has 1 atom stereocenters. The molecule has 0 bridgehead atoms. The molecular weight excluding hydrogens is 232 g/mol. The highest BCUT2D eigenvalue weighted by Gasteiger charge is 2.34. The smallest absolute Gasteiger partial charge is 0.212 e. The van der Waals surface area contributed by atoms with Gasteiger partial charge in [-0.25, -0.2) is 4.98 Å². The van der Waals surface area contributed by atoms with E-state index >= 15 is 0 Å². The highest BCUT2D eigenvalue weighted by molar-refractivity contribution is 5.17. The number of hydrogen-bond acceptors (Lipinski definition) is 5. The zero-order valence-electron chi connectivity index (χ0n) is 10.9. The van der Waals surface area contributed by atoms with Crippen LogP contribution in [-0.2, 0) is 16.0 Å². The van der Waals surface area contributed by atoms with Gasteiger partial charge in [0.15, 0.2) is 0 Å². The first-order valence-electron chi connectivity index (χ1n) is 6.10. The van der Waals surface area contributed by atoms with Crippen LogP contribution in [0.25, 0.3) is 0 Å². The van der Waals surface area contributed by atoms with Gasteiger partial charge in [0, 0.05) is 45.5 Å². The maximum Gasteiger partial charge on any atom is 0.212 e. The van der Waals surface area contributed by atoms with Crippen molar-refractivity contribution >= 4 is 0 Å². The van der Waals surface area contributed by atoms with Crippen LogP contribution in [0.1, 0.15) is 12.0 Å². The van der Waals surface area contributed by atoms with Crippen LogP contribution < -0.4 is 10.1 Å². The Hall–Kier alpha value is -1.17. The summed E-state index contributed by atoms with van der Waals surface area (Å²) in [5, 5.41) is 3.39. The molecule has 2 heterocycles. The Kier molecular flexibility index (Phi) is 4.52. The molecule has 1 aromatic heterocycles. The number of rotatable bonds is 6. The average Bonchev–Trinajstić information content (AvgIpc) is 2.89. The number of methoxy groups -OCH3 is 2. The summed E-state index contributed by atoms with van der Waals surface area (Å²) in [5.74, 6) is 0.635. The molecule has 1 aliphatic heterocycles. The fourth-order valence-electron chi connectivity index (χ4n) is 2.03. The Labute approximate surface area is 107 Å². The molecule has 2 rings (SSSR count). The number of ether oxygens (including phenoxy) is 3. The predicted octanol–water partition coefficient (Wildman–Crippen LogP) is 0.985. The maximum atomic E-state index is 5.55. The summed E-state index contributed by atoms with van der Waals surface area (Å²) in [7, 11) is 3.36. The molecule has 5 nitrogen and oxygen atoms in total. The van der Waals surface area contributed by atoms with Crippen molar-refractivity contribution in [3.63, 3.8) is 0 Å². The van der Waals surface area contributed by atoms with Crippen molar-refractivity contribution < 1.29 is 14.2 Å². The highest BCUT2D eigenvalue weighted by Crippen LogP contribution is 2.21. The minimum absolute atomic E-state index is 0.167. The molecule has 1 unspecified atom stereocenters. The molecule has 0 saturated carbocycles. The van der Waals surface area contributed by atoms with Gasteiger partial charge in [0.25, 0.3) is 0 Å². The lowest BCUT2D eigenvalue weighted by atomic mass is 10.0. The van der Waals surface area contributed by atoms with Gasteiger partial charge < -0.3 is 19.5 Å². The molecule has 0 radical (unpaired) electrons. The number of hydrogen-bond donors (Lipinski definition) is 1. The van der Waals surface area contributed by atoms with E-state index in [2.05, 4.69) is 10.3 Å². The quantitative estimate of drug-likeness (QED) is 0.818. The first-order valence-corrected chi connectivity index (χ1v) is 6.10. The Morgan fingerprint density at radius 2 is 2.33 bits per heavy atom. The van der Waals surface area contributed by atoms with Crippen LogP contribution in [0.4, 0.5) is 0 Å². The van der Waals surface area contributed by atoms with E-state index in [-0.39, 0.29) is 5.60 Å². The molecule has 0 amide bonds. The van der Waals surface area contributed by atoms with Crippen molar-refractivity contribution in [3.05, 3.63) is 23.9 Å². The zero-order chi connectivity index (χ0) is 12.8. The third kappa shape index (κ3) is 3.19. The van der Waals surface area contributed by atoms with E-state index in [1.165, 1.54) is 0 Å². The third-order valence-electron chi connectivity index (χ3n) is 3.28. The highest BCUT2D eigenvalue weighted by atomic mass is 16.5. The lowest BCUT2D eigenvalue weighted by Crippen LogP contribution is -2.42. The molecule has 0 aliphatic carbocycles. The molecule has 1 fully saturated rings. The molecule has 0 aromatic carbocycles. The van der Waals surface area contributed by atoms with Gasteiger partial charge in [0.2, 0.25) is 5.88 Å². The Bertz CT molecular complexity index is 361. The van der Waals surface area contributed by atoms with E-state index in [9.17, 15) is 0 Å². The van der Waals surface area contributed by atoms with Crippen LogP contribution in [0.15, 0.2) is 18.3 Å². The van der Waals surface area contributed by atoms with Crippen molar-refractivity contribution in [2.75, 3.05) is 34.0 Å². The number of pyridine rings is 1. The van der Waals surface area contributed by atoms with Gasteiger partial charge in [0.05, 0.1) is 13.7 Å². The van der Waals surface area contributed by atoms with Gasteiger partial charge in [-0.2, -0.15) is 0 Å². The van der Waals surface area contributed by atoms with Crippen molar-refractivity contribution in [2.24, 2.45) is 0 Å². The molecule has 1 aliphatic rings. The minimum atomic E-state index is -0.167.